The molecule has 0 aliphatic heterocycles. The Kier molecular flexibility index (Phi) is 3.51. The maximum Gasteiger partial charge on any atom is 0.247 e. The molecule has 4 heteroatoms. The van der Waals surface area contributed by atoms with Gasteiger partial charge in [0.2, 0.25) is 5.91 Å². The Balaban J connectivity index is 2.93. The fraction of sp³-hybridized carbons (Fsp3) is 0. The summed E-state index contributed by atoms with van der Waals surface area (Å²) in [5.74, 6) is -0.278. The zero-order valence-corrected chi connectivity index (χ0v) is 9.02. The molecule has 1 N–H and O–H groups in total. The van der Waals surface area contributed by atoms with Crippen LogP contribution in [0.15, 0.2) is 35.3 Å². The van der Waals surface area contributed by atoms with E-state index in [-0.39, 0.29) is 5.91 Å². The van der Waals surface area contributed by atoms with Gasteiger partial charge in [0.1, 0.15) is 0 Å². The molecule has 0 radical (unpaired) electrons. The number of halogens is 2. The van der Waals surface area contributed by atoms with E-state index in [1.807, 2.05) is 0 Å². The van der Waals surface area contributed by atoms with Crippen LogP contribution in [-0.2, 0) is 4.79 Å². The van der Waals surface area contributed by atoms with E-state index in [1.165, 1.54) is 6.08 Å². The molecule has 0 bridgehead atoms. The molecule has 0 aliphatic carbocycles. The summed E-state index contributed by atoms with van der Waals surface area (Å²) < 4.78 is 0.858. The molecule has 0 aliphatic rings. The minimum absolute atomic E-state index is 0.278. The first kappa shape index (κ1) is 10.3. The molecule has 0 saturated heterocycles. The molecule has 0 unspecified atom stereocenters. The Hall–Kier alpha value is -0.800. The fourth-order valence-electron chi connectivity index (χ4n) is 0.777. The molecule has 1 aromatic carbocycles. The van der Waals surface area contributed by atoms with E-state index in [2.05, 4.69) is 27.8 Å². The summed E-state index contributed by atoms with van der Waals surface area (Å²) in [6.07, 6.45) is 1.19. The lowest BCUT2D eigenvalue weighted by Crippen LogP contribution is -2.07. The van der Waals surface area contributed by atoms with Crippen molar-refractivity contribution < 1.29 is 4.79 Å². The summed E-state index contributed by atoms with van der Waals surface area (Å²) >= 11 is 9.10. The summed E-state index contributed by atoms with van der Waals surface area (Å²) in [7, 11) is 0. The van der Waals surface area contributed by atoms with Crippen LogP contribution in [0.2, 0.25) is 5.02 Å². The highest BCUT2D eigenvalue weighted by Crippen LogP contribution is 2.25. The van der Waals surface area contributed by atoms with E-state index in [1.54, 1.807) is 18.2 Å². The van der Waals surface area contributed by atoms with Crippen LogP contribution in [-0.4, -0.2) is 5.91 Å². The van der Waals surface area contributed by atoms with Crippen molar-refractivity contribution in [2.75, 3.05) is 5.32 Å². The minimum atomic E-state index is -0.278. The van der Waals surface area contributed by atoms with Crippen LogP contribution in [0.1, 0.15) is 0 Å². The molecule has 0 atom stereocenters. The minimum Gasteiger partial charge on any atom is -0.321 e. The van der Waals surface area contributed by atoms with Gasteiger partial charge in [-0.05, 0) is 24.3 Å². The fourth-order valence-corrected chi connectivity index (χ4v) is 1.30. The number of amides is 1. The Morgan fingerprint density at radius 2 is 2.31 bits per heavy atom. The molecule has 0 heterocycles. The van der Waals surface area contributed by atoms with Crippen molar-refractivity contribution in [3.05, 3.63) is 40.3 Å². The van der Waals surface area contributed by atoms with Gasteiger partial charge in [-0.3, -0.25) is 4.79 Å². The molecular weight excluding hydrogens is 253 g/mol. The van der Waals surface area contributed by atoms with Crippen molar-refractivity contribution in [2.45, 2.75) is 0 Å². The maximum absolute atomic E-state index is 10.9. The van der Waals surface area contributed by atoms with E-state index >= 15 is 0 Å². The second-order valence-electron chi connectivity index (χ2n) is 2.32. The SMILES string of the molecule is C=CC(=O)Nc1cc(Br)ccc1Cl. The van der Waals surface area contributed by atoms with Crippen LogP contribution in [0.3, 0.4) is 0 Å². The van der Waals surface area contributed by atoms with Crippen LogP contribution >= 0.6 is 27.5 Å². The van der Waals surface area contributed by atoms with Crippen molar-refractivity contribution in [1.29, 1.82) is 0 Å². The summed E-state index contributed by atoms with van der Waals surface area (Å²) in [4.78, 5) is 10.9. The number of nitrogens with one attached hydrogen (secondary N) is 1. The van der Waals surface area contributed by atoms with Crippen molar-refractivity contribution in [2.24, 2.45) is 0 Å². The Labute approximate surface area is 89.7 Å². The average molecular weight is 261 g/mol. The average Bonchev–Trinajstić information content (AvgIpc) is 2.11. The predicted octanol–water partition coefficient (Wildman–Crippen LogP) is 3.23. The van der Waals surface area contributed by atoms with Crippen molar-refractivity contribution in [1.82, 2.24) is 0 Å². The first-order valence-corrected chi connectivity index (χ1v) is 4.69. The standard InChI is InChI=1S/C9H7BrClNO/c1-2-9(13)12-8-5-6(10)3-4-7(8)11/h2-5H,1H2,(H,12,13). The number of anilines is 1. The van der Waals surface area contributed by atoms with Gasteiger partial charge in [-0.1, -0.05) is 34.1 Å². The lowest BCUT2D eigenvalue weighted by molar-refractivity contribution is -0.111. The van der Waals surface area contributed by atoms with Crippen LogP contribution in [0, 0.1) is 0 Å². The number of rotatable bonds is 2. The van der Waals surface area contributed by atoms with Crippen molar-refractivity contribution in [3.63, 3.8) is 0 Å². The third-order valence-electron chi connectivity index (χ3n) is 1.37. The van der Waals surface area contributed by atoms with Gasteiger partial charge in [-0.25, -0.2) is 0 Å². The molecule has 1 rings (SSSR count). The molecular formula is C9H7BrClNO. The predicted molar refractivity (Wildman–Crippen MR) is 58.0 cm³/mol. The number of carbonyl (C=O) groups excluding carboxylic acids is 1. The summed E-state index contributed by atoms with van der Waals surface area (Å²) in [6.45, 7) is 3.34. The third-order valence-corrected chi connectivity index (χ3v) is 2.19. The van der Waals surface area contributed by atoms with E-state index in [4.69, 9.17) is 11.6 Å². The highest BCUT2D eigenvalue weighted by molar-refractivity contribution is 9.10. The quantitative estimate of drug-likeness (QED) is 0.813. The van der Waals surface area contributed by atoms with Gasteiger partial charge in [0, 0.05) is 4.47 Å². The molecule has 13 heavy (non-hydrogen) atoms. The summed E-state index contributed by atoms with van der Waals surface area (Å²) in [5.41, 5.74) is 0.570. The Morgan fingerprint density at radius 3 is 2.92 bits per heavy atom. The van der Waals surface area contributed by atoms with Crippen molar-refractivity contribution in [3.8, 4) is 0 Å². The van der Waals surface area contributed by atoms with Gasteiger partial charge < -0.3 is 5.32 Å². The van der Waals surface area contributed by atoms with Crippen LogP contribution in [0.25, 0.3) is 0 Å². The number of benzene rings is 1. The zero-order valence-electron chi connectivity index (χ0n) is 6.68. The van der Waals surface area contributed by atoms with Gasteiger partial charge in [0.15, 0.2) is 0 Å². The largest absolute Gasteiger partial charge is 0.321 e. The third kappa shape index (κ3) is 2.86. The molecule has 1 amide bonds. The van der Waals surface area contributed by atoms with Gasteiger partial charge in [-0.15, -0.1) is 0 Å². The molecule has 0 fully saturated rings. The Morgan fingerprint density at radius 1 is 1.62 bits per heavy atom. The second kappa shape index (κ2) is 4.44. The first-order chi connectivity index (χ1) is 6.13. The highest BCUT2D eigenvalue weighted by Gasteiger charge is 2.02. The topological polar surface area (TPSA) is 29.1 Å². The van der Waals surface area contributed by atoms with Crippen molar-refractivity contribution >= 4 is 39.1 Å². The lowest BCUT2D eigenvalue weighted by Gasteiger charge is -2.04. The molecule has 1 aromatic rings. The maximum atomic E-state index is 10.9. The summed E-state index contributed by atoms with van der Waals surface area (Å²) in [5, 5.41) is 3.08. The lowest BCUT2D eigenvalue weighted by atomic mass is 10.3. The van der Waals surface area contributed by atoms with Gasteiger partial charge in [-0.2, -0.15) is 0 Å². The highest BCUT2D eigenvalue weighted by atomic mass is 79.9. The molecule has 0 saturated carbocycles. The van der Waals surface area contributed by atoms with E-state index in [0.29, 0.717) is 10.7 Å². The first-order valence-electron chi connectivity index (χ1n) is 3.52. The molecule has 2 nitrogen and oxygen atoms in total. The number of hydrogen-bond donors (Lipinski definition) is 1. The zero-order chi connectivity index (χ0) is 9.84. The Bertz CT molecular complexity index is 351. The van der Waals surface area contributed by atoms with Gasteiger partial charge >= 0.3 is 0 Å². The smallest absolute Gasteiger partial charge is 0.247 e. The second-order valence-corrected chi connectivity index (χ2v) is 3.64. The van der Waals surface area contributed by atoms with Crippen LogP contribution < -0.4 is 5.32 Å². The molecule has 0 aromatic heterocycles. The summed E-state index contributed by atoms with van der Waals surface area (Å²) in [6, 6.07) is 5.22. The van der Waals surface area contributed by atoms with E-state index < -0.39 is 0 Å². The van der Waals surface area contributed by atoms with Crippen LogP contribution in [0.4, 0.5) is 5.69 Å². The molecule has 68 valence electrons. The normalized spacial score (nSPS) is 9.38. The number of hydrogen-bond acceptors (Lipinski definition) is 1. The molecule has 0 spiro atoms. The van der Waals surface area contributed by atoms with E-state index in [0.717, 1.165) is 4.47 Å². The van der Waals surface area contributed by atoms with Gasteiger partial charge in [0.05, 0.1) is 10.7 Å². The van der Waals surface area contributed by atoms with Gasteiger partial charge in [0.25, 0.3) is 0 Å². The van der Waals surface area contributed by atoms with Crippen LogP contribution in [0.5, 0.6) is 0 Å². The monoisotopic (exact) mass is 259 g/mol. The number of carbonyl (C=O) groups is 1. The van der Waals surface area contributed by atoms with E-state index in [9.17, 15) is 4.79 Å².